The molecule has 32 heavy (non-hydrogen) atoms. The third-order valence-electron chi connectivity index (χ3n) is 5.83. The molecule has 0 aliphatic carbocycles. The van der Waals surface area contributed by atoms with Crippen LogP contribution in [-0.2, 0) is 16.0 Å². The highest BCUT2D eigenvalue weighted by atomic mass is 16.2. The van der Waals surface area contributed by atoms with Crippen LogP contribution in [0.5, 0.6) is 0 Å². The molecule has 1 aromatic heterocycles. The molecule has 1 aliphatic rings. The molecule has 7 nitrogen and oxygen atoms in total. The number of nitrogens with one attached hydrogen (secondary N) is 1. The van der Waals surface area contributed by atoms with Gasteiger partial charge in [0.1, 0.15) is 6.04 Å². The number of carbonyl (C=O) groups is 2. The van der Waals surface area contributed by atoms with E-state index in [0.29, 0.717) is 24.3 Å². The van der Waals surface area contributed by atoms with Gasteiger partial charge in [-0.1, -0.05) is 37.3 Å². The van der Waals surface area contributed by atoms with Crippen molar-refractivity contribution in [3.8, 4) is 11.3 Å². The number of rotatable bonds is 5. The highest BCUT2D eigenvalue weighted by Gasteiger charge is 2.29. The number of aryl methyl sites for hydroxylation is 1. The van der Waals surface area contributed by atoms with Crippen LogP contribution < -0.4 is 15.8 Å². The van der Waals surface area contributed by atoms with Crippen LogP contribution in [-0.4, -0.2) is 28.1 Å². The molecule has 0 bridgehead atoms. The standard InChI is InChI=1S/C25H26N4O3/c1-4-23(30)26-21-15-19(10-9-16(21)2)20-11-12-24(31)29(27-20)17(3)25(32)28-14-13-18-7-5-6-8-22(18)28/h5-12,15,17H,4,13-14H2,1-3H3,(H,26,30)/t17-/m0/s1. The first kappa shape index (κ1) is 21.5. The van der Waals surface area contributed by atoms with E-state index in [1.807, 2.05) is 49.4 Å². The van der Waals surface area contributed by atoms with Crippen LogP contribution in [0.25, 0.3) is 11.3 Å². The highest BCUT2D eigenvalue weighted by Crippen LogP contribution is 2.29. The van der Waals surface area contributed by atoms with Gasteiger partial charge in [0.25, 0.3) is 11.5 Å². The van der Waals surface area contributed by atoms with E-state index in [4.69, 9.17) is 0 Å². The van der Waals surface area contributed by atoms with E-state index in [1.54, 1.807) is 24.8 Å². The first-order valence-corrected chi connectivity index (χ1v) is 10.8. The average Bonchev–Trinajstić information content (AvgIpc) is 3.24. The lowest BCUT2D eigenvalue weighted by Gasteiger charge is -2.22. The van der Waals surface area contributed by atoms with Crippen molar-refractivity contribution in [3.05, 3.63) is 76.1 Å². The second-order valence-corrected chi connectivity index (χ2v) is 7.98. The molecular formula is C25H26N4O3. The molecule has 2 amide bonds. The fourth-order valence-electron chi connectivity index (χ4n) is 3.91. The van der Waals surface area contributed by atoms with Crippen molar-refractivity contribution >= 4 is 23.2 Å². The average molecular weight is 431 g/mol. The van der Waals surface area contributed by atoms with Crippen LogP contribution >= 0.6 is 0 Å². The van der Waals surface area contributed by atoms with E-state index >= 15 is 0 Å². The number of hydrogen-bond acceptors (Lipinski definition) is 4. The van der Waals surface area contributed by atoms with Gasteiger partial charge < -0.3 is 10.2 Å². The summed E-state index contributed by atoms with van der Waals surface area (Å²) in [5.41, 5.74) is 4.62. The Kier molecular flexibility index (Phi) is 5.90. The summed E-state index contributed by atoms with van der Waals surface area (Å²) < 4.78 is 1.24. The first-order valence-electron chi connectivity index (χ1n) is 10.8. The molecule has 0 fully saturated rings. The maximum absolute atomic E-state index is 13.2. The lowest BCUT2D eigenvalue weighted by atomic mass is 10.1. The van der Waals surface area contributed by atoms with Crippen molar-refractivity contribution in [3.63, 3.8) is 0 Å². The Bertz CT molecular complexity index is 1250. The monoisotopic (exact) mass is 430 g/mol. The van der Waals surface area contributed by atoms with Gasteiger partial charge in [0.15, 0.2) is 0 Å². The zero-order valence-corrected chi connectivity index (χ0v) is 18.5. The predicted octanol–water partition coefficient (Wildman–Crippen LogP) is 3.72. The quantitative estimate of drug-likeness (QED) is 0.669. The Morgan fingerprint density at radius 1 is 1.12 bits per heavy atom. The molecule has 3 aromatic rings. The number of nitrogens with zero attached hydrogens (tertiary/aromatic N) is 3. The molecule has 0 unspecified atom stereocenters. The summed E-state index contributed by atoms with van der Waals surface area (Å²) in [6.07, 6.45) is 1.18. The molecule has 164 valence electrons. The molecule has 0 saturated carbocycles. The minimum atomic E-state index is -0.752. The van der Waals surface area contributed by atoms with Gasteiger partial charge in [0.05, 0.1) is 5.69 Å². The molecule has 0 radical (unpaired) electrons. The van der Waals surface area contributed by atoms with Crippen LogP contribution in [0.4, 0.5) is 11.4 Å². The van der Waals surface area contributed by atoms with E-state index in [9.17, 15) is 14.4 Å². The van der Waals surface area contributed by atoms with Gasteiger partial charge in [-0.25, -0.2) is 4.68 Å². The lowest BCUT2D eigenvalue weighted by molar-refractivity contribution is -0.121. The zero-order chi connectivity index (χ0) is 22.8. The molecule has 4 rings (SSSR count). The minimum absolute atomic E-state index is 0.0757. The number of carbonyl (C=O) groups excluding carboxylic acids is 2. The summed E-state index contributed by atoms with van der Waals surface area (Å²) >= 11 is 0. The third kappa shape index (κ3) is 4.06. The summed E-state index contributed by atoms with van der Waals surface area (Å²) in [7, 11) is 0. The maximum Gasteiger partial charge on any atom is 0.267 e. The predicted molar refractivity (Wildman–Crippen MR) is 125 cm³/mol. The Morgan fingerprint density at radius 2 is 1.91 bits per heavy atom. The number of para-hydroxylation sites is 1. The normalized spacial score (nSPS) is 13.5. The molecular weight excluding hydrogens is 404 g/mol. The van der Waals surface area contributed by atoms with Crippen LogP contribution in [0.1, 0.15) is 37.4 Å². The fourth-order valence-corrected chi connectivity index (χ4v) is 3.91. The first-order chi connectivity index (χ1) is 15.4. The SMILES string of the molecule is CCC(=O)Nc1cc(-c2ccc(=O)n([C@@H](C)C(=O)N3CCc4ccccc43)n2)ccc1C. The van der Waals surface area contributed by atoms with Crippen molar-refractivity contribution in [2.45, 2.75) is 39.7 Å². The topological polar surface area (TPSA) is 84.3 Å². The van der Waals surface area contributed by atoms with Crippen LogP contribution in [0, 0.1) is 6.92 Å². The van der Waals surface area contributed by atoms with Gasteiger partial charge in [-0.2, -0.15) is 5.10 Å². The molecule has 1 atom stereocenters. The lowest BCUT2D eigenvalue weighted by Crippen LogP contribution is -2.39. The van der Waals surface area contributed by atoms with Gasteiger partial charge in [-0.3, -0.25) is 14.4 Å². The number of aromatic nitrogens is 2. The van der Waals surface area contributed by atoms with Crippen molar-refractivity contribution in [1.82, 2.24) is 9.78 Å². The van der Waals surface area contributed by atoms with Gasteiger partial charge in [-0.15, -0.1) is 0 Å². The Labute approximate surface area is 186 Å². The van der Waals surface area contributed by atoms with Gasteiger partial charge in [0, 0.05) is 36.0 Å². The second kappa shape index (κ2) is 8.78. The van der Waals surface area contributed by atoms with Crippen LogP contribution in [0.2, 0.25) is 0 Å². The number of anilines is 2. The van der Waals surface area contributed by atoms with Gasteiger partial charge >= 0.3 is 0 Å². The number of benzene rings is 2. The Morgan fingerprint density at radius 3 is 2.69 bits per heavy atom. The summed E-state index contributed by atoms with van der Waals surface area (Å²) in [5, 5.41) is 7.39. The maximum atomic E-state index is 13.2. The highest BCUT2D eigenvalue weighted by molar-refractivity contribution is 5.97. The van der Waals surface area contributed by atoms with Crippen molar-refractivity contribution in [2.24, 2.45) is 0 Å². The summed E-state index contributed by atoms with van der Waals surface area (Å²) in [6.45, 7) is 6.00. The summed E-state index contributed by atoms with van der Waals surface area (Å²) in [5.74, 6) is -0.241. The third-order valence-corrected chi connectivity index (χ3v) is 5.83. The van der Waals surface area contributed by atoms with Gasteiger partial charge in [-0.05, 0) is 49.6 Å². The van der Waals surface area contributed by atoms with Gasteiger partial charge in [0.2, 0.25) is 5.91 Å². The number of amides is 2. The van der Waals surface area contributed by atoms with E-state index < -0.39 is 6.04 Å². The summed E-state index contributed by atoms with van der Waals surface area (Å²) in [4.78, 5) is 39.4. The fraction of sp³-hybridized carbons (Fsp3) is 0.280. The molecule has 0 saturated heterocycles. The molecule has 1 aliphatic heterocycles. The van der Waals surface area contributed by atoms with E-state index in [2.05, 4.69) is 10.4 Å². The van der Waals surface area contributed by atoms with Crippen molar-refractivity contribution < 1.29 is 9.59 Å². The molecule has 2 aromatic carbocycles. The van der Waals surface area contributed by atoms with Crippen LogP contribution in [0.3, 0.4) is 0 Å². The summed E-state index contributed by atoms with van der Waals surface area (Å²) in [6, 6.07) is 15.7. The molecule has 1 N–H and O–H groups in total. The van der Waals surface area contributed by atoms with E-state index in [-0.39, 0.29) is 17.4 Å². The molecule has 7 heteroatoms. The molecule has 0 spiro atoms. The zero-order valence-electron chi connectivity index (χ0n) is 18.5. The smallest absolute Gasteiger partial charge is 0.267 e. The van der Waals surface area contributed by atoms with Crippen LogP contribution in [0.15, 0.2) is 59.4 Å². The number of fused-ring (bicyclic) bond motifs is 1. The minimum Gasteiger partial charge on any atom is -0.326 e. The largest absolute Gasteiger partial charge is 0.326 e. The van der Waals surface area contributed by atoms with E-state index in [1.165, 1.54) is 10.7 Å². The molecule has 2 heterocycles. The Balaban J connectivity index is 1.65. The van der Waals surface area contributed by atoms with Crippen molar-refractivity contribution in [2.75, 3.05) is 16.8 Å². The Hall–Kier alpha value is -3.74. The second-order valence-electron chi connectivity index (χ2n) is 7.98. The van der Waals surface area contributed by atoms with Crippen molar-refractivity contribution in [1.29, 1.82) is 0 Å². The number of hydrogen-bond donors (Lipinski definition) is 1. The van der Waals surface area contributed by atoms with E-state index in [0.717, 1.165) is 28.8 Å².